The second-order valence-electron chi connectivity index (χ2n) is 10.7. The molecule has 0 saturated heterocycles. The van der Waals surface area contributed by atoms with Gasteiger partial charge in [0.2, 0.25) is 0 Å². The second kappa shape index (κ2) is 11.0. The molecule has 0 radical (unpaired) electrons. The minimum absolute atomic E-state index is 0.0122. The molecule has 3 N–H and O–H groups in total. The van der Waals surface area contributed by atoms with Crippen LogP contribution < -0.4 is 4.74 Å². The van der Waals surface area contributed by atoms with Gasteiger partial charge in [0.1, 0.15) is 28.9 Å². The van der Waals surface area contributed by atoms with Gasteiger partial charge in [-0.3, -0.25) is 9.11 Å². The molecule has 1 fully saturated rings. The minimum Gasteiger partial charge on any atom is -0.487 e. The van der Waals surface area contributed by atoms with Gasteiger partial charge in [0.25, 0.3) is 0 Å². The molecule has 0 spiro atoms. The molecule has 1 aliphatic carbocycles. The summed E-state index contributed by atoms with van der Waals surface area (Å²) in [7, 11) is -3.38. The molecule has 2 aliphatic rings. The fourth-order valence-corrected chi connectivity index (χ4v) is 7.10. The number of carboxylic acid groups (broad SMARTS) is 1. The predicted octanol–water partition coefficient (Wildman–Crippen LogP) is 5.69. The Morgan fingerprint density at radius 2 is 1.93 bits per heavy atom. The molecule has 11 nitrogen and oxygen atoms in total. The van der Waals surface area contributed by atoms with E-state index in [0.717, 1.165) is 10.2 Å². The zero-order valence-corrected chi connectivity index (χ0v) is 23.7. The summed E-state index contributed by atoms with van der Waals surface area (Å²) in [5, 5.41) is 21.7. The van der Waals surface area contributed by atoms with Gasteiger partial charge in [-0.2, -0.15) is 22.6 Å². The Bertz CT molecular complexity index is 1660. The number of benzene rings is 2. The number of rotatable bonds is 8. The van der Waals surface area contributed by atoms with Gasteiger partial charge >= 0.3 is 12.1 Å². The highest BCUT2D eigenvalue weighted by Gasteiger charge is 2.46. The van der Waals surface area contributed by atoms with Gasteiger partial charge in [-0.05, 0) is 42.7 Å². The number of para-hydroxylation sites is 1. The molecule has 3 heterocycles. The van der Waals surface area contributed by atoms with Gasteiger partial charge in [-0.1, -0.05) is 36.4 Å². The molecule has 2 aromatic heterocycles. The summed E-state index contributed by atoms with van der Waals surface area (Å²) in [6, 6.07) is 14.0. The smallest absolute Gasteiger partial charge is 0.408 e. The lowest BCUT2D eigenvalue weighted by Gasteiger charge is -2.41. The number of halogens is 3. The van der Waals surface area contributed by atoms with Crippen molar-refractivity contribution in [2.45, 2.75) is 61.9 Å². The summed E-state index contributed by atoms with van der Waals surface area (Å²) in [6.07, 6.45) is -1.08. The van der Waals surface area contributed by atoms with Crippen LogP contribution in [0.4, 0.5) is 13.2 Å². The molecular weight excluding hydrogens is 589 g/mol. The third kappa shape index (κ3) is 5.85. The Kier molecular flexibility index (Phi) is 7.44. The summed E-state index contributed by atoms with van der Waals surface area (Å²) in [6.45, 7) is 1.14. The van der Waals surface area contributed by atoms with E-state index >= 15 is 0 Å². The van der Waals surface area contributed by atoms with Crippen LogP contribution in [0.25, 0.3) is 5.69 Å². The predicted molar refractivity (Wildman–Crippen MR) is 149 cm³/mol. The van der Waals surface area contributed by atoms with Crippen LogP contribution in [-0.2, 0) is 13.1 Å². The van der Waals surface area contributed by atoms with Gasteiger partial charge in [-0.15, -0.1) is 15.9 Å². The number of nitrogens with zero attached hydrogens (tertiary/aromatic N) is 6. The van der Waals surface area contributed by atoms with Crippen LogP contribution in [0.3, 0.4) is 0 Å². The Balaban J connectivity index is 1.29. The highest BCUT2D eigenvalue weighted by Crippen LogP contribution is 2.58. The number of hydrogen-bond donors (Lipinski definition) is 3. The third-order valence-electron chi connectivity index (χ3n) is 7.63. The topological polar surface area (TPSA) is 139 Å². The van der Waals surface area contributed by atoms with Crippen molar-refractivity contribution in [3.63, 3.8) is 0 Å². The van der Waals surface area contributed by atoms with E-state index in [9.17, 15) is 32.2 Å². The first-order valence-electron chi connectivity index (χ1n) is 13.6. The normalized spacial score (nSPS) is 22.3. The van der Waals surface area contributed by atoms with E-state index in [0.29, 0.717) is 40.6 Å². The second-order valence-corrected chi connectivity index (χ2v) is 12.7. The van der Waals surface area contributed by atoms with Gasteiger partial charge in [0, 0.05) is 24.6 Å². The minimum atomic E-state index is -4.44. The molecule has 1 saturated carbocycles. The van der Waals surface area contributed by atoms with Crippen molar-refractivity contribution in [2.75, 3.05) is 6.54 Å². The molecular formula is C28H29F3N6O5S. The first-order valence-corrected chi connectivity index (χ1v) is 15.1. The van der Waals surface area contributed by atoms with Crippen molar-refractivity contribution in [1.82, 2.24) is 29.1 Å². The molecule has 3 atom stereocenters. The van der Waals surface area contributed by atoms with E-state index in [4.69, 9.17) is 4.74 Å². The Morgan fingerprint density at radius 3 is 2.67 bits per heavy atom. The number of aromatic carboxylic acids is 1. The van der Waals surface area contributed by atoms with E-state index in [1.165, 1.54) is 17.1 Å². The first kappa shape index (κ1) is 29.2. The summed E-state index contributed by atoms with van der Waals surface area (Å²) in [5.74, 6) is -1.39. The fraction of sp³-hybridized carbons (Fsp3) is 0.357. The number of hydrogen-bond acceptors (Lipinski definition) is 8. The molecule has 4 aromatic rings. The molecule has 0 bridgehead atoms. The van der Waals surface area contributed by atoms with Crippen molar-refractivity contribution in [3.05, 3.63) is 83.4 Å². The monoisotopic (exact) mass is 618 g/mol. The first-order chi connectivity index (χ1) is 20.4. The summed E-state index contributed by atoms with van der Waals surface area (Å²) < 4.78 is 71.0. The average molecular weight is 619 g/mol. The highest BCUT2D eigenvalue weighted by molar-refractivity contribution is 8.22. The average Bonchev–Trinajstić information content (AvgIpc) is 3.41. The maximum Gasteiger partial charge on any atom is 0.408 e. The third-order valence-corrected chi connectivity index (χ3v) is 9.56. The maximum atomic E-state index is 12.8. The number of aromatic nitrogens is 5. The summed E-state index contributed by atoms with van der Waals surface area (Å²) in [4.78, 5) is 12.4. The lowest BCUT2D eigenvalue weighted by molar-refractivity contribution is -0.142. The zero-order valence-electron chi connectivity index (χ0n) is 22.9. The van der Waals surface area contributed by atoms with E-state index in [2.05, 4.69) is 15.4 Å². The van der Waals surface area contributed by atoms with E-state index in [1.54, 1.807) is 46.8 Å². The molecule has 0 amide bonds. The van der Waals surface area contributed by atoms with Crippen LogP contribution in [0.1, 0.15) is 58.9 Å². The van der Waals surface area contributed by atoms with Crippen molar-refractivity contribution in [3.8, 4) is 11.4 Å². The van der Waals surface area contributed by atoms with Crippen molar-refractivity contribution in [1.29, 1.82) is 0 Å². The lowest BCUT2D eigenvalue weighted by atomic mass is 10.1. The maximum absolute atomic E-state index is 12.8. The van der Waals surface area contributed by atoms with E-state index < -0.39 is 29.5 Å². The molecule has 43 heavy (non-hydrogen) atoms. The Morgan fingerprint density at radius 1 is 1.14 bits per heavy atom. The van der Waals surface area contributed by atoms with Gasteiger partial charge in [0.05, 0.1) is 29.8 Å². The highest BCUT2D eigenvalue weighted by atomic mass is 32.3. The van der Waals surface area contributed by atoms with Crippen LogP contribution >= 0.6 is 10.8 Å². The Hall–Kier alpha value is -3.92. The quantitative estimate of drug-likeness (QED) is 0.227. The van der Waals surface area contributed by atoms with E-state index in [-0.39, 0.29) is 36.6 Å². The number of carbonyl (C=O) groups is 1. The van der Waals surface area contributed by atoms with Crippen molar-refractivity contribution >= 4 is 16.7 Å². The number of carboxylic acids is 1. The van der Waals surface area contributed by atoms with Crippen LogP contribution in [0, 0.1) is 0 Å². The van der Waals surface area contributed by atoms with Crippen molar-refractivity contribution in [2.24, 2.45) is 0 Å². The molecule has 2 aromatic carbocycles. The molecule has 228 valence electrons. The SMILES string of the molecule is CCC1CN(Cc2cccc(-n3ncc(C(=O)O)c3C3CC3c3cn(CC(F)(F)F)nn3)c2)S(O)(O)c2ccccc2O1. The van der Waals surface area contributed by atoms with Gasteiger partial charge in [-0.25, -0.2) is 14.2 Å². The Labute approximate surface area is 246 Å². The van der Waals surface area contributed by atoms with E-state index in [1.807, 2.05) is 13.0 Å². The van der Waals surface area contributed by atoms with Crippen LogP contribution in [0.5, 0.6) is 5.75 Å². The van der Waals surface area contributed by atoms with Crippen LogP contribution in [0.2, 0.25) is 0 Å². The largest absolute Gasteiger partial charge is 0.487 e. The zero-order chi connectivity index (χ0) is 30.5. The van der Waals surface area contributed by atoms with Gasteiger partial charge < -0.3 is 9.84 Å². The standard InChI is InChI=1S/C28H29F3N6O5S/c1-2-19-14-36(43(40,41)25-9-4-3-8-24(25)42-19)13-17-6-5-7-18(10-17)37-26(22(12-32-37)27(38)39)21-11-20(21)23-15-35(34-33-23)16-28(29,30)31/h3-10,12,15,19-21,40-41H,2,11,13-14,16H2,1H3,(H,38,39). The number of fused-ring (bicyclic) bond motifs is 1. The number of ether oxygens (including phenoxy) is 1. The molecule has 3 unspecified atom stereocenters. The molecule has 1 aliphatic heterocycles. The summed E-state index contributed by atoms with van der Waals surface area (Å²) in [5.41, 5.74) is 2.04. The number of alkyl halides is 3. The molecule has 6 rings (SSSR count). The van der Waals surface area contributed by atoms with Gasteiger partial charge in [0.15, 0.2) is 0 Å². The van der Waals surface area contributed by atoms with Crippen LogP contribution in [-0.4, -0.2) is 68.1 Å². The van der Waals surface area contributed by atoms with Crippen molar-refractivity contribution < 1.29 is 36.9 Å². The summed E-state index contributed by atoms with van der Waals surface area (Å²) >= 11 is 0. The van der Waals surface area contributed by atoms with Crippen LogP contribution in [0.15, 0.2) is 65.8 Å². The fourth-order valence-electron chi connectivity index (χ4n) is 5.47. The molecule has 15 heteroatoms. The lowest BCUT2D eigenvalue weighted by Crippen LogP contribution is -2.34.